The topological polar surface area (TPSA) is 24.3 Å². The third-order valence-electron chi connectivity index (χ3n) is 6.09. The highest BCUT2D eigenvalue weighted by Gasteiger charge is 2.31. The highest BCUT2D eigenvalue weighted by molar-refractivity contribution is 6.30. The predicted octanol–water partition coefficient (Wildman–Crippen LogP) is 3.81. The summed E-state index contributed by atoms with van der Waals surface area (Å²) in [5, 5.41) is 5.11. The molecule has 26 heavy (non-hydrogen) atoms. The first-order chi connectivity index (χ1) is 12.7. The quantitative estimate of drug-likeness (QED) is 0.797. The summed E-state index contributed by atoms with van der Waals surface area (Å²) in [4.78, 5) is 5.21. The van der Waals surface area contributed by atoms with Gasteiger partial charge >= 0.3 is 0 Å². The van der Waals surface area contributed by atoms with Gasteiger partial charge in [-0.25, -0.2) is 0 Å². The molecule has 1 aromatic heterocycles. The summed E-state index contributed by atoms with van der Waals surface area (Å²) in [6.07, 6.45) is 8.19. The Morgan fingerprint density at radius 1 is 0.923 bits per heavy atom. The molecule has 2 aromatic rings. The Morgan fingerprint density at radius 3 is 2.27 bits per heavy atom. The number of hydrogen-bond donors (Lipinski definition) is 0. The van der Waals surface area contributed by atoms with Gasteiger partial charge in [0.25, 0.3) is 0 Å². The molecule has 5 heteroatoms. The third kappa shape index (κ3) is 4.48. The predicted molar refractivity (Wildman–Crippen MR) is 106 cm³/mol. The van der Waals surface area contributed by atoms with Gasteiger partial charge in [-0.3, -0.25) is 14.5 Å². The molecule has 3 heterocycles. The zero-order valence-corrected chi connectivity index (χ0v) is 16.4. The van der Waals surface area contributed by atoms with Gasteiger partial charge in [0, 0.05) is 43.5 Å². The van der Waals surface area contributed by atoms with Crippen molar-refractivity contribution in [2.75, 3.05) is 26.2 Å². The molecule has 4 nitrogen and oxygen atoms in total. The minimum absolute atomic E-state index is 0.825. The van der Waals surface area contributed by atoms with E-state index in [-0.39, 0.29) is 0 Å². The molecule has 0 N–H and O–H groups in total. The molecule has 140 valence electrons. The smallest absolute Gasteiger partial charge is 0.0534 e. The molecule has 1 atom stereocenters. The van der Waals surface area contributed by atoms with Crippen LogP contribution >= 0.6 is 11.6 Å². The van der Waals surface area contributed by atoms with Crippen molar-refractivity contribution in [1.29, 1.82) is 0 Å². The van der Waals surface area contributed by atoms with Crippen LogP contribution in [0.3, 0.4) is 0 Å². The second-order valence-corrected chi connectivity index (χ2v) is 8.48. The fourth-order valence-electron chi connectivity index (χ4n) is 4.63. The molecule has 2 aliphatic heterocycles. The van der Waals surface area contributed by atoms with Crippen LogP contribution in [0.1, 0.15) is 30.4 Å². The van der Waals surface area contributed by atoms with E-state index in [4.69, 9.17) is 11.6 Å². The number of hydrogen-bond acceptors (Lipinski definition) is 3. The van der Waals surface area contributed by atoms with Crippen LogP contribution in [-0.4, -0.2) is 45.8 Å². The maximum atomic E-state index is 5.99. The molecule has 0 spiro atoms. The third-order valence-corrected chi connectivity index (χ3v) is 6.34. The zero-order valence-electron chi connectivity index (χ0n) is 15.6. The molecule has 0 bridgehead atoms. The molecule has 4 rings (SSSR count). The van der Waals surface area contributed by atoms with E-state index in [1.54, 1.807) is 0 Å². The summed E-state index contributed by atoms with van der Waals surface area (Å²) in [7, 11) is 1.99. The lowest BCUT2D eigenvalue weighted by molar-refractivity contribution is 0.141. The molecule has 2 aliphatic rings. The van der Waals surface area contributed by atoms with E-state index in [2.05, 4.69) is 33.2 Å². The number of benzene rings is 1. The molecule has 2 fully saturated rings. The van der Waals surface area contributed by atoms with Crippen molar-refractivity contribution in [2.45, 2.75) is 32.4 Å². The molecule has 1 aromatic carbocycles. The monoisotopic (exact) mass is 372 g/mol. The van der Waals surface area contributed by atoms with E-state index in [1.165, 1.54) is 56.6 Å². The van der Waals surface area contributed by atoms with Crippen molar-refractivity contribution in [3.8, 4) is 0 Å². The van der Waals surface area contributed by atoms with E-state index in [0.29, 0.717) is 0 Å². The number of rotatable bonds is 5. The first-order valence-electron chi connectivity index (χ1n) is 9.82. The average Bonchev–Trinajstić information content (AvgIpc) is 3.27. The Bertz CT molecular complexity index is 703. The van der Waals surface area contributed by atoms with E-state index >= 15 is 0 Å². The number of aryl methyl sites for hydroxylation is 1. The first-order valence-corrected chi connectivity index (χ1v) is 10.2. The fraction of sp³-hybridized carbons (Fsp3) is 0.571. The lowest BCUT2D eigenvalue weighted by atomic mass is 9.83. The summed E-state index contributed by atoms with van der Waals surface area (Å²) < 4.78 is 1.90. The van der Waals surface area contributed by atoms with Crippen molar-refractivity contribution >= 4 is 11.6 Å². The maximum absolute atomic E-state index is 5.99. The SMILES string of the molecule is Cn1cc(CN2CCC([C@H]3CCN(Cc4ccc(Cl)cc4)C3)CC2)cn1. The van der Waals surface area contributed by atoms with Crippen molar-refractivity contribution < 1.29 is 0 Å². The van der Waals surface area contributed by atoms with Gasteiger partial charge in [-0.05, 0) is 68.4 Å². The van der Waals surface area contributed by atoms with Crippen molar-refractivity contribution in [2.24, 2.45) is 18.9 Å². The van der Waals surface area contributed by atoms with Crippen LogP contribution in [0.4, 0.5) is 0 Å². The molecule has 0 saturated carbocycles. The summed E-state index contributed by atoms with van der Waals surface area (Å²) in [6.45, 7) is 7.07. The van der Waals surface area contributed by atoms with E-state index < -0.39 is 0 Å². The Morgan fingerprint density at radius 2 is 1.58 bits per heavy atom. The van der Waals surface area contributed by atoms with Crippen LogP contribution in [0.25, 0.3) is 0 Å². The number of nitrogens with zero attached hydrogens (tertiary/aromatic N) is 4. The summed E-state index contributed by atoms with van der Waals surface area (Å²) >= 11 is 5.99. The van der Waals surface area contributed by atoms with Crippen LogP contribution in [-0.2, 0) is 20.1 Å². The van der Waals surface area contributed by atoms with Gasteiger partial charge in [0.2, 0.25) is 0 Å². The van der Waals surface area contributed by atoms with Crippen molar-refractivity contribution in [3.63, 3.8) is 0 Å². The van der Waals surface area contributed by atoms with Crippen LogP contribution in [0.2, 0.25) is 5.02 Å². The van der Waals surface area contributed by atoms with Gasteiger partial charge in [0.1, 0.15) is 0 Å². The number of likely N-dealkylation sites (tertiary alicyclic amines) is 2. The van der Waals surface area contributed by atoms with E-state index in [0.717, 1.165) is 29.9 Å². The molecule has 2 saturated heterocycles. The van der Waals surface area contributed by atoms with Crippen molar-refractivity contribution in [3.05, 3.63) is 52.8 Å². The maximum Gasteiger partial charge on any atom is 0.0534 e. The number of halogens is 1. The van der Waals surface area contributed by atoms with Gasteiger partial charge in [-0.2, -0.15) is 5.10 Å². The highest BCUT2D eigenvalue weighted by Crippen LogP contribution is 2.32. The lowest BCUT2D eigenvalue weighted by Crippen LogP contribution is -2.36. The second-order valence-electron chi connectivity index (χ2n) is 8.05. The van der Waals surface area contributed by atoms with Gasteiger partial charge < -0.3 is 0 Å². The second kappa shape index (κ2) is 8.12. The molecule has 0 unspecified atom stereocenters. The average molecular weight is 373 g/mol. The fourth-order valence-corrected chi connectivity index (χ4v) is 4.76. The van der Waals surface area contributed by atoms with E-state index in [9.17, 15) is 0 Å². The Balaban J connectivity index is 1.23. The molecule has 0 aliphatic carbocycles. The normalized spacial score (nSPS) is 22.9. The summed E-state index contributed by atoms with van der Waals surface area (Å²) in [5.74, 6) is 1.78. The Hall–Kier alpha value is -1.36. The summed E-state index contributed by atoms with van der Waals surface area (Å²) in [6, 6.07) is 8.32. The summed E-state index contributed by atoms with van der Waals surface area (Å²) in [5.41, 5.74) is 2.71. The largest absolute Gasteiger partial charge is 0.299 e. The van der Waals surface area contributed by atoms with Crippen LogP contribution in [0.15, 0.2) is 36.7 Å². The van der Waals surface area contributed by atoms with Crippen LogP contribution < -0.4 is 0 Å². The zero-order chi connectivity index (χ0) is 17.9. The van der Waals surface area contributed by atoms with Crippen LogP contribution in [0, 0.1) is 11.8 Å². The molecular weight excluding hydrogens is 344 g/mol. The standard InChI is InChI=1S/C21H29ClN4/c1-24-13-18(12-23-24)15-25-9-6-19(7-10-25)20-8-11-26(16-20)14-17-2-4-21(22)5-3-17/h2-5,12-13,19-20H,6-11,14-16H2,1H3/t20-/m0/s1. The minimum Gasteiger partial charge on any atom is -0.299 e. The van der Waals surface area contributed by atoms with Crippen LogP contribution in [0.5, 0.6) is 0 Å². The Labute approximate surface area is 161 Å². The Kier molecular flexibility index (Phi) is 5.63. The lowest BCUT2D eigenvalue weighted by Gasteiger charge is -2.34. The number of piperidine rings is 1. The van der Waals surface area contributed by atoms with Gasteiger partial charge in [-0.1, -0.05) is 23.7 Å². The highest BCUT2D eigenvalue weighted by atomic mass is 35.5. The van der Waals surface area contributed by atoms with Gasteiger partial charge in [0.05, 0.1) is 6.20 Å². The van der Waals surface area contributed by atoms with E-state index in [1.807, 2.05) is 30.1 Å². The minimum atomic E-state index is 0.825. The van der Waals surface area contributed by atoms with Crippen molar-refractivity contribution in [1.82, 2.24) is 19.6 Å². The number of aromatic nitrogens is 2. The molecular formula is C21H29ClN4. The van der Waals surface area contributed by atoms with Gasteiger partial charge in [0.15, 0.2) is 0 Å². The molecule has 0 radical (unpaired) electrons. The first kappa shape index (κ1) is 18.0. The molecule has 0 amide bonds. The van der Waals surface area contributed by atoms with Gasteiger partial charge in [-0.15, -0.1) is 0 Å².